The summed E-state index contributed by atoms with van der Waals surface area (Å²) in [5.74, 6) is 1.09. The molecule has 1 amide bonds. The molecule has 3 aromatic rings. The first-order chi connectivity index (χ1) is 14.6. The average molecular weight is 406 g/mol. The van der Waals surface area contributed by atoms with Gasteiger partial charge in [-0.15, -0.1) is 5.10 Å². The molecule has 0 unspecified atom stereocenters. The molecule has 9 nitrogen and oxygen atoms in total. The van der Waals surface area contributed by atoms with Crippen molar-refractivity contribution >= 4 is 23.4 Å². The van der Waals surface area contributed by atoms with Crippen LogP contribution in [0.3, 0.4) is 0 Å². The standard InChI is InChI=1S/C21H26N8O/c1-4-16-14-28(26-25-16)13-15-7-6-8-17(11-15)29-10-9-27(3)19-18(20(29)30)12-23-21(24-19)22-5-2/h6-8,11-12,14H,4-5,9-10,13H2,1-3H3,(H,22,23,24). The maximum Gasteiger partial charge on any atom is 0.263 e. The van der Waals surface area contributed by atoms with Gasteiger partial charge in [0.05, 0.1) is 12.2 Å². The molecular formula is C21H26N8O. The Hall–Kier alpha value is -3.49. The highest BCUT2D eigenvalue weighted by molar-refractivity contribution is 6.09. The number of aryl methyl sites for hydroxylation is 1. The van der Waals surface area contributed by atoms with Gasteiger partial charge in [-0.05, 0) is 31.0 Å². The predicted molar refractivity (Wildman–Crippen MR) is 116 cm³/mol. The van der Waals surface area contributed by atoms with Crippen LogP contribution < -0.4 is 15.1 Å². The van der Waals surface area contributed by atoms with Crippen LogP contribution in [0.25, 0.3) is 0 Å². The number of nitrogens with zero attached hydrogens (tertiary/aromatic N) is 7. The Morgan fingerprint density at radius 3 is 2.83 bits per heavy atom. The minimum Gasteiger partial charge on any atom is -0.357 e. The number of hydrogen-bond donors (Lipinski definition) is 1. The molecule has 0 aliphatic carbocycles. The molecule has 0 fully saturated rings. The van der Waals surface area contributed by atoms with Crippen LogP contribution in [0.1, 0.15) is 35.5 Å². The second kappa shape index (κ2) is 8.48. The number of nitrogens with one attached hydrogen (secondary N) is 1. The van der Waals surface area contributed by atoms with E-state index < -0.39 is 0 Å². The first-order valence-electron chi connectivity index (χ1n) is 10.2. The van der Waals surface area contributed by atoms with E-state index in [9.17, 15) is 4.79 Å². The number of rotatable bonds is 6. The van der Waals surface area contributed by atoms with Crippen molar-refractivity contribution < 1.29 is 4.79 Å². The summed E-state index contributed by atoms with van der Waals surface area (Å²) in [6.07, 6.45) is 4.42. The summed E-state index contributed by atoms with van der Waals surface area (Å²) in [5.41, 5.74) is 3.38. The minimum atomic E-state index is -0.0939. The lowest BCUT2D eigenvalue weighted by Crippen LogP contribution is -2.33. The quantitative estimate of drug-likeness (QED) is 0.671. The Kier molecular flexibility index (Phi) is 5.60. The number of hydrogen-bond acceptors (Lipinski definition) is 7. The molecule has 1 aliphatic rings. The molecule has 9 heteroatoms. The Bertz CT molecular complexity index is 1050. The van der Waals surface area contributed by atoms with E-state index in [0.717, 1.165) is 29.9 Å². The van der Waals surface area contributed by atoms with Crippen LogP contribution in [0.2, 0.25) is 0 Å². The number of carbonyl (C=O) groups is 1. The van der Waals surface area contributed by atoms with E-state index >= 15 is 0 Å². The third-order valence-electron chi connectivity index (χ3n) is 5.11. The predicted octanol–water partition coefficient (Wildman–Crippen LogP) is 2.21. The second-order valence-electron chi connectivity index (χ2n) is 7.27. The van der Waals surface area contributed by atoms with Gasteiger partial charge in [-0.25, -0.2) is 9.67 Å². The monoisotopic (exact) mass is 406 g/mol. The number of amides is 1. The van der Waals surface area contributed by atoms with E-state index in [1.54, 1.807) is 11.1 Å². The largest absolute Gasteiger partial charge is 0.357 e. The Morgan fingerprint density at radius 1 is 1.20 bits per heavy atom. The van der Waals surface area contributed by atoms with Gasteiger partial charge < -0.3 is 15.1 Å². The molecule has 156 valence electrons. The SMILES string of the molecule is CCNc1ncc2c(n1)N(C)CCN(c1cccc(Cn3cc(CC)nn3)c1)C2=O. The Labute approximate surface area is 175 Å². The van der Waals surface area contributed by atoms with Gasteiger partial charge in [-0.2, -0.15) is 4.98 Å². The second-order valence-corrected chi connectivity index (χ2v) is 7.27. The van der Waals surface area contributed by atoms with Crippen molar-refractivity contribution in [2.24, 2.45) is 0 Å². The first kappa shape index (κ1) is 19.8. The Morgan fingerprint density at radius 2 is 2.07 bits per heavy atom. The zero-order valence-corrected chi connectivity index (χ0v) is 17.5. The van der Waals surface area contributed by atoms with Crippen molar-refractivity contribution in [2.45, 2.75) is 26.8 Å². The van der Waals surface area contributed by atoms with Gasteiger partial charge in [0, 0.05) is 44.8 Å². The zero-order chi connectivity index (χ0) is 21.1. The van der Waals surface area contributed by atoms with Gasteiger partial charge in [0.25, 0.3) is 5.91 Å². The summed E-state index contributed by atoms with van der Waals surface area (Å²) < 4.78 is 1.82. The van der Waals surface area contributed by atoms with Gasteiger partial charge in [-0.1, -0.05) is 24.3 Å². The van der Waals surface area contributed by atoms with Crippen LogP contribution in [0.4, 0.5) is 17.5 Å². The van der Waals surface area contributed by atoms with Gasteiger partial charge in [0.2, 0.25) is 5.95 Å². The lowest BCUT2D eigenvalue weighted by molar-refractivity contribution is 0.0989. The molecular weight excluding hydrogens is 380 g/mol. The molecule has 1 aliphatic heterocycles. The van der Waals surface area contributed by atoms with Crippen LogP contribution in [0.15, 0.2) is 36.7 Å². The third kappa shape index (κ3) is 3.96. The van der Waals surface area contributed by atoms with Crippen LogP contribution in [0, 0.1) is 0 Å². The average Bonchev–Trinajstić information content (AvgIpc) is 3.17. The minimum absolute atomic E-state index is 0.0939. The molecule has 0 saturated heterocycles. The molecule has 0 saturated carbocycles. The number of benzene rings is 1. The number of carbonyl (C=O) groups excluding carboxylic acids is 1. The van der Waals surface area contributed by atoms with Crippen molar-refractivity contribution in [1.82, 2.24) is 25.0 Å². The molecule has 4 rings (SSSR count). The highest BCUT2D eigenvalue weighted by atomic mass is 16.2. The maximum absolute atomic E-state index is 13.3. The van der Waals surface area contributed by atoms with Crippen molar-refractivity contribution in [3.63, 3.8) is 0 Å². The molecule has 1 N–H and O–H groups in total. The summed E-state index contributed by atoms with van der Waals surface area (Å²) in [5, 5.41) is 11.4. The summed E-state index contributed by atoms with van der Waals surface area (Å²) in [6, 6.07) is 7.99. The number of anilines is 3. The van der Waals surface area contributed by atoms with Gasteiger partial charge >= 0.3 is 0 Å². The topological polar surface area (TPSA) is 92.1 Å². The van der Waals surface area contributed by atoms with E-state index in [4.69, 9.17) is 0 Å². The first-order valence-corrected chi connectivity index (χ1v) is 10.2. The summed E-state index contributed by atoms with van der Waals surface area (Å²) in [4.78, 5) is 26.0. The van der Waals surface area contributed by atoms with Crippen molar-refractivity contribution in [1.29, 1.82) is 0 Å². The third-order valence-corrected chi connectivity index (χ3v) is 5.11. The van der Waals surface area contributed by atoms with E-state index in [-0.39, 0.29) is 5.91 Å². The van der Waals surface area contributed by atoms with Crippen LogP contribution in [0.5, 0.6) is 0 Å². The zero-order valence-electron chi connectivity index (χ0n) is 17.5. The molecule has 0 spiro atoms. The number of fused-ring (bicyclic) bond motifs is 1. The molecule has 0 radical (unpaired) electrons. The Balaban J connectivity index is 1.61. The van der Waals surface area contributed by atoms with Crippen LogP contribution in [-0.4, -0.2) is 57.6 Å². The highest BCUT2D eigenvalue weighted by Crippen LogP contribution is 2.27. The highest BCUT2D eigenvalue weighted by Gasteiger charge is 2.28. The molecule has 0 bridgehead atoms. The summed E-state index contributed by atoms with van der Waals surface area (Å²) in [7, 11) is 1.95. The lowest BCUT2D eigenvalue weighted by atomic mass is 10.1. The smallest absolute Gasteiger partial charge is 0.263 e. The molecule has 30 heavy (non-hydrogen) atoms. The molecule has 3 heterocycles. The van der Waals surface area contributed by atoms with Gasteiger partial charge in [0.15, 0.2) is 0 Å². The molecule has 2 aromatic heterocycles. The maximum atomic E-state index is 13.3. The van der Waals surface area contributed by atoms with Crippen LogP contribution >= 0.6 is 0 Å². The normalized spacial score (nSPS) is 13.9. The van der Waals surface area contributed by atoms with Crippen molar-refractivity contribution in [2.75, 3.05) is 41.8 Å². The fourth-order valence-electron chi connectivity index (χ4n) is 3.49. The van der Waals surface area contributed by atoms with E-state index in [0.29, 0.717) is 37.0 Å². The number of aromatic nitrogens is 5. The lowest BCUT2D eigenvalue weighted by Gasteiger charge is -2.21. The fourth-order valence-corrected chi connectivity index (χ4v) is 3.49. The number of likely N-dealkylation sites (N-methyl/N-ethyl adjacent to an activating group) is 1. The summed E-state index contributed by atoms with van der Waals surface area (Å²) in [6.45, 7) is 6.61. The summed E-state index contributed by atoms with van der Waals surface area (Å²) >= 11 is 0. The van der Waals surface area contributed by atoms with E-state index in [1.807, 2.05) is 54.0 Å². The van der Waals surface area contributed by atoms with E-state index in [2.05, 4.69) is 32.5 Å². The van der Waals surface area contributed by atoms with Crippen LogP contribution in [-0.2, 0) is 13.0 Å². The van der Waals surface area contributed by atoms with Gasteiger partial charge in [0.1, 0.15) is 11.4 Å². The van der Waals surface area contributed by atoms with E-state index in [1.165, 1.54) is 0 Å². The molecule has 0 atom stereocenters. The van der Waals surface area contributed by atoms with Crippen molar-refractivity contribution in [3.8, 4) is 0 Å². The molecule has 1 aromatic carbocycles. The van der Waals surface area contributed by atoms with Crippen molar-refractivity contribution in [3.05, 3.63) is 53.5 Å². The van der Waals surface area contributed by atoms with Gasteiger partial charge in [-0.3, -0.25) is 4.79 Å². The fraction of sp³-hybridized carbons (Fsp3) is 0.381.